The number of pyridine rings is 1. The Hall–Kier alpha value is -3.29. The van der Waals surface area contributed by atoms with Crippen LogP contribution in [0.2, 0.25) is 0 Å². The van der Waals surface area contributed by atoms with Gasteiger partial charge in [-0.05, 0) is 38.0 Å². The second kappa shape index (κ2) is 7.19. The first-order chi connectivity index (χ1) is 14.5. The monoisotopic (exact) mass is 408 g/mol. The lowest BCUT2D eigenvalue weighted by Gasteiger charge is -2.41. The number of hydrogen-bond acceptors (Lipinski definition) is 6. The number of amides is 1. The third-order valence-corrected chi connectivity index (χ3v) is 6.01. The standard InChI is InChI=1S/C22H24N4O4/c1-14-10-15(11-20(27)24(14)2)29-16-12-25(13-16)21(28)18-7-5-9-26(18)22-23-17-6-3-4-8-19(17)30-22/h3-4,6,8,10-11,16,18H,5,7,9,12-13H2,1-2H3. The Morgan fingerprint density at radius 2 is 2.03 bits per heavy atom. The molecule has 0 N–H and O–H groups in total. The van der Waals surface area contributed by atoms with E-state index in [-0.39, 0.29) is 23.6 Å². The molecule has 2 aliphatic rings. The molecular weight excluding hydrogens is 384 g/mol. The molecule has 2 aliphatic heterocycles. The van der Waals surface area contributed by atoms with Crippen molar-refractivity contribution in [1.82, 2.24) is 14.5 Å². The summed E-state index contributed by atoms with van der Waals surface area (Å²) in [5.74, 6) is 0.636. The van der Waals surface area contributed by atoms with E-state index in [1.807, 2.05) is 47.1 Å². The minimum Gasteiger partial charge on any atom is -0.486 e. The molecule has 0 spiro atoms. The van der Waals surface area contributed by atoms with E-state index in [0.717, 1.165) is 36.2 Å². The lowest BCUT2D eigenvalue weighted by molar-refractivity contribution is -0.141. The Labute approximate surface area is 173 Å². The number of anilines is 1. The van der Waals surface area contributed by atoms with Crippen molar-refractivity contribution in [2.24, 2.45) is 7.05 Å². The molecule has 0 aliphatic carbocycles. The number of para-hydroxylation sites is 2. The van der Waals surface area contributed by atoms with Gasteiger partial charge in [0.2, 0.25) is 5.91 Å². The number of likely N-dealkylation sites (tertiary alicyclic amines) is 1. The molecule has 30 heavy (non-hydrogen) atoms. The fourth-order valence-corrected chi connectivity index (χ4v) is 4.14. The number of carbonyl (C=O) groups excluding carboxylic acids is 1. The fourth-order valence-electron chi connectivity index (χ4n) is 4.14. The normalized spacial score (nSPS) is 19.3. The molecule has 1 atom stereocenters. The number of aryl methyl sites for hydroxylation is 1. The largest absolute Gasteiger partial charge is 0.486 e. The van der Waals surface area contributed by atoms with Gasteiger partial charge in [-0.25, -0.2) is 0 Å². The van der Waals surface area contributed by atoms with Crippen LogP contribution in [0.4, 0.5) is 6.01 Å². The summed E-state index contributed by atoms with van der Waals surface area (Å²) in [6.45, 7) is 3.66. The molecule has 2 fully saturated rings. The van der Waals surface area contributed by atoms with Crippen LogP contribution in [0.15, 0.2) is 45.6 Å². The van der Waals surface area contributed by atoms with Crippen LogP contribution in [-0.2, 0) is 11.8 Å². The molecule has 2 saturated heterocycles. The molecule has 5 rings (SSSR count). The molecule has 4 heterocycles. The van der Waals surface area contributed by atoms with E-state index in [1.54, 1.807) is 11.6 Å². The second-order valence-electron chi connectivity index (χ2n) is 8.03. The van der Waals surface area contributed by atoms with E-state index < -0.39 is 0 Å². The van der Waals surface area contributed by atoms with Crippen molar-refractivity contribution in [3.63, 3.8) is 0 Å². The maximum absolute atomic E-state index is 13.1. The second-order valence-corrected chi connectivity index (χ2v) is 8.03. The number of fused-ring (bicyclic) bond motifs is 1. The van der Waals surface area contributed by atoms with Crippen LogP contribution in [0.5, 0.6) is 5.75 Å². The number of benzene rings is 1. The first-order valence-corrected chi connectivity index (χ1v) is 10.2. The quantitative estimate of drug-likeness (QED) is 0.658. The zero-order valence-electron chi connectivity index (χ0n) is 17.1. The topological polar surface area (TPSA) is 80.8 Å². The van der Waals surface area contributed by atoms with Crippen LogP contribution < -0.4 is 15.2 Å². The number of oxazole rings is 1. The van der Waals surface area contributed by atoms with Gasteiger partial charge in [0.05, 0.1) is 13.1 Å². The maximum atomic E-state index is 13.1. The lowest BCUT2D eigenvalue weighted by Crippen LogP contribution is -2.60. The summed E-state index contributed by atoms with van der Waals surface area (Å²) < 4.78 is 13.4. The minimum absolute atomic E-state index is 0.0785. The molecule has 0 radical (unpaired) electrons. The molecule has 1 amide bonds. The van der Waals surface area contributed by atoms with E-state index in [0.29, 0.717) is 24.9 Å². The van der Waals surface area contributed by atoms with Gasteiger partial charge in [0, 0.05) is 25.4 Å². The number of ether oxygens (including phenoxy) is 1. The van der Waals surface area contributed by atoms with Gasteiger partial charge in [0.1, 0.15) is 23.4 Å². The summed E-state index contributed by atoms with van der Waals surface area (Å²) in [5.41, 5.74) is 2.27. The lowest BCUT2D eigenvalue weighted by atomic mass is 10.1. The zero-order valence-corrected chi connectivity index (χ0v) is 17.1. The summed E-state index contributed by atoms with van der Waals surface area (Å²) in [6.07, 6.45) is 1.61. The van der Waals surface area contributed by atoms with Gasteiger partial charge >= 0.3 is 0 Å². The SMILES string of the molecule is Cc1cc(OC2CN(C(=O)C3CCCN3c3nc4ccccc4o3)C2)cc(=O)n1C. The average molecular weight is 408 g/mol. The molecule has 2 aromatic heterocycles. The number of carbonyl (C=O) groups is 1. The molecular formula is C22H24N4O4. The Morgan fingerprint density at radius 3 is 2.80 bits per heavy atom. The van der Waals surface area contributed by atoms with Gasteiger partial charge in [-0.1, -0.05) is 12.1 Å². The summed E-state index contributed by atoms with van der Waals surface area (Å²) in [4.78, 5) is 33.4. The van der Waals surface area contributed by atoms with E-state index >= 15 is 0 Å². The molecule has 0 saturated carbocycles. The third kappa shape index (κ3) is 3.22. The number of hydrogen-bond donors (Lipinski definition) is 0. The van der Waals surface area contributed by atoms with Crippen molar-refractivity contribution < 1.29 is 13.9 Å². The van der Waals surface area contributed by atoms with Crippen molar-refractivity contribution in [2.75, 3.05) is 24.5 Å². The van der Waals surface area contributed by atoms with Crippen molar-refractivity contribution >= 4 is 23.0 Å². The van der Waals surface area contributed by atoms with Crippen LogP contribution >= 0.6 is 0 Å². The molecule has 1 unspecified atom stereocenters. The summed E-state index contributed by atoms with van der Waals surface area (Å²) in [5, 5.41) is 0. The maximum Gasteiger partial charge on any atom is 0.299 e. The van der Waals surface area contributed by atoms with Gasteiger partial charge in [-0.3, -0.25) is 9.59 Å². The Bertz CT molecular complexity index is 1130. The highest BCUT2D eigenvalue weighted by atomic mass is 16.5. The molecule has 0 bridgehead atoms. The molecule has 3 aromatic rings. The van der Waals surface area contributed by atoms with E-state index in [2.05, 4.69) is 4.98 Å². The highest BCUT2D eigenvalue weighted by Gasteiger charge is 2.41. The van der Waals surface area contributed by atoms with Gasteiger partial charge in [0.25, 0.3) is 11.6 Å². The third-order valence-electron chi connectivity index (χ3n) is 6.01. The van der Waals surface area contributed by atoms with Crippen LogP contribution in [0.25, 0.3) is 11.1 Å². The number of aromatic nitrogens is 2. The summed E-state index contributed by atoms with van der Waals surface area (Å²) in [6, 6.07) is 11.2. The van der Waals surface area contributed by atoms with E-state index in [9.17, 15) is 9.59 Å². The molecule has 8 nitrogen and oxygen atoms in total. The van der Waals surface area contributed by atoms with Gasteiger partial charge in [-0.15, -0.1) is 0 Å². The average Bonchev–Trinajstić information content (AvgIpc) is 3.34. The Balaban J connectivity index is 1.24. The predicted octanol–water partition coefficient (Wildman–Crippen LogP) is 2.09. The first kappa shape index (κ1) is 18.7. The molecule has 8 heteroatoms. The minimum atomic E-state index is -0.259. The van der Waals surface area contributed by atoms with Crippen molar-refractivity contribution in [2.45, 2.75) is 31.9 Å². The van der Waals surface area contributed by atoms with Gasteiger partial charge < -0.3 is 23.5 Å². The van der Waals surface area contributed by atoms with Crippen LogP contribution in [0.3, 0.4) is 0 Å². The molecule has 1 aromatic carbocycles. The van der Waals surface area contributed by atoms with E-state index in [1.165, 1.54) is 6.07 Å². The Morgan fingerprint density at radius 1 is 1.23 bits per heavy atom. The van der Waals surface area contributed by atoms with Crippen LogP contribution in [-0.4, -0.2) is 52.1 Å². The first-order valence-electron chi connectivity index (χ1n) is 10.2. The number of rotatable bonds is 4. The summed E-state index contributed by atoms with van der Waals surface area (Å²) in [7, 11) is 1.73. The summed E-state index contributed by atoms with van der Waals surface area (Å²) >= 11 is 0. The van der Waals surface area contributed by atoms with Crippen molar-refractivity contribution in [3.05, 3.63) is 52.4 Å². The van der Waals surface area contributed by atoms with Crippen molar-refractivity contribution in [1.29, 1.82) is 0 Å². The zero-order chi connectivity index (χ0) is 20.8. The molecule has 156 valence electrons. The smallest absolute Gasteiger partial charge is 0.299 e. The highest BCUT2D eigenvalue weighted by Crippen LogP contribution is 2.30. The van der Waals surface area contributed by atoms with Crippen LogP contribution in [0, 0.1) is 6.92 Å². The predicted molar refractivity (Wildman–Crippen MR) is 112 cm³/mol. The van der Waals surface area contributed by atoms with E-state index in [4.69, 9.17) is 9.15 Å². The Kier molecular flexibility index (Phi) is 4.49. The van der Waals surface area contributed by atoms with Crippen LogP contribution in [0.1, 0.15) is 18.5 Å². The van der Waals surface area contributed by atoms with Gasteiger partial charge in [0.15, 0.2) is 5.58 Å². The highest BCUT2D eigenvalue weighted by molar-refractivity contribution is 5.86. The number of nitrogens with zero attached hydrogens (tertiary/aromatic N) is 4. The van der Waals surface area contributed by atoms with Crippen molar-refractivity contribution in [3.8, 4) is 5.75 Å². The fraction of sp³-hybridized carbons (Fsp3) is 0.409. The van der Waals surface area contributed by atoms with Gasteiger partial charge in [-0.2, -0.15) is 4.98 Å².